The maximum Gasteiger partial charge on any atom is 0.271 e. The summed E-state index contributed by atoms with van der Waals surface area (Å²) in [5.41, 5.74) is 0.623. The number of hydrogen-bond donors (Lipinski definition) is 1. The van der Waals surface area contributed by atoms with Crippen LogP contribution in [0.5, 0.6) is 0 Å². The lowest BCUT2D eigenvalue weighted by Crippen LogP contribution is -2.29. The molecule has 2 rings (SSSR count). The van der Waals surface area contributed by atoms with Gasteiger partial charge in [0.05, 0.1) is 5.69 Å². The normalized spacial score (nSPS) is 10.7. The van der Waals surface area contributed by atoms with Gasteiger partial charge in [0.2, 0.25) is 0 Å². The van der Waals surface area contributed by atoms with Gasteiger partial charge in [-0.3, -0.25) is 9.59 Å². The molecule has 22 heavy (non-hydrogen) atoms. The second kappa shape index (κ2) is 7.54. The van der Waals surface area contributed by atoms with E-state index in [0.717, 1.165) is 12.8 Å². The fourth-order valence-electron chi connectivity index (χ4n) is 2.09. The van der Waals surface area contributed by atoms with Crippen LogP contribution in [-0.2, 0) is 0 Å². The molecular formula is C17H21N3O2. The topological polar surface area (TPSA) is 64.0 Å². The average Bonchev–Trinajstić information content (AvgIpc) is 2.52. The zero-order valence-corrected chi connectivity index (χ0v) is 13.0. The van der Waals surface area contributed by atoms with Crippen molar-refractivity contribution in [3.05, 3.63) is 58.5 Å². The predicted molar refractivity (Wildman–Crippen MR) is 86.2 cm³/mol. The van der Waals surface area contributed by atoms with E-state index < -0.39 is 0 Å². The summed E-state index contributed by atoms with van der Waals surface area (Å²) < 4.78 is 1.24. The molecule has 0 fully saturated rings. The van der Waals surface area contributed by atoms with Crippen molar-refractivity contribution in [1.29, 1.82) is 0 Å². The number of aromatic nitrogens is 2. The Morgan fingerprint density at radius 1 is 1.18 bits per heavy atom. The molecule has 2 aromatic rings. The van der Waals surface area contributed by atoms with E-state index in [4.69, 9.17) is 0 Å². The molecule has 0 atom stereocenters. The Hall–Kier alpha value is -2.43. The summed E-state index contributed by atoms with van der Waals surface area (Å²) in [6.45, 7) is 4.92. The summed E-state index contributed by atoms with van der Waals surface area (Å²) in [4.78, 5) is 24.0. The molecule has 0 aliphatic heterocycles. The van der Waals surface area contributed by atoms with Crippen molar-refractivity contribution in [3.63, 3.8) is 0 Å². The Kier molecular flexibility index (Phi) is 5.47. The third kappa shape index (κ3) is 4.28. The number of nitrogens with one attached hydrogen (secondary N) is 1. The van der Waals surface area contributed by atoms with Crippen LogP contribution in [0.3, 0.4) is 0 Å². The molecule has 5 heteroatoms. The van der Waals surface area contributed by atoms with Gasteiger partial charge in [0.1, 0.15) is 5.69 Å². The zero-order chi connectivity index (χ0) is 15.9. The van der Waals surface area contributed by atoms with Crippen LogP contribution in [0.1, 0.15) is 37.2 Å². The van der Waals surface area contributed by atoms with Crippen LogP contribution in [0.4, 0.5) is 0 Å². The highest BCUT2D eigenvalue weighted by molar-refractivity contribution is 5.92. The van der Waals surface area contributed by atoms with Crippen molar-refractivity contribution in [2.24, 2.45) is 5.92 Å². The first-order valence-corrected chi connectivity index (χ1v) is 7.52. The number of carbonyl (C=O) groups is 1. The summed E-state index contributed by atoms with van der Waals surface area (Å²) in [6.07, 6.45) is 2.00. The van der Waals surface area contributed by atoms with Gasteiger partial charge in [-0.15, -0.1) is 0 Å². The van der Waals surface area contributed by atoms with E-state index in [0.29, 0.717) is 18.2 Å². The van der Waals surface area contributed by atoms with Crippen LogP contribution >= 0.6 is 0 Å². The van der Waals surface area contributed by atoms with Crippen LogP contribution < -0.4 is 10.9 Å². The fourth-order valence-corrected chi connectivity index (χ4v) is 2.09. The van der Waals surface area contributed by atoms with Gasteiger partial charge in [0.25, 0.3) is 11.5 Å². The summed E-state index contributed by atoms with van der Waals surface area (Å²) in [5.74, 6) is 0.364. The van der Waals surface area contributed by atoms with Gasteiger partial charge in [-0.05, 0) is 37.0 Å². The van der Waals surface area contributed by atoms with Gasteiger partial charge in [-0.1, -0.05) is 32.0 Å². The second-order valence-electron chi connectivity index (χ2n) is 5.60. The number of hydrogen-bond acceptors (Lipinski definition) is 3. The first kappa shape index (κ1) is 15.9. The molecule has 0 radical (unpaired) electrons. The highest BCUT2D eigenvalue weighted by atomic mass is 16.2. The first-order chi connectivity index (χ1) is 10.6. The van der Waals surface area contributed by atoms with E-state index in [1.807, 2.05) is 18.2 Å². The zero-order valence-electron chi connectivity index (χ0n) is 13.0. The van der Waals surface area contributed by atoms with Crippen molar-refractivity contribution >= 4 is 5.91 Å². The number of nitrogens with zero attached hydrogens (tertiary/aromatic N) is 2. The summed E-state index contributed by atoms with van der Waals surface area (Å²) in [7, 11) is 0. The molecule has 0 saturated heterocycles. The summed E-state index contributed by atoms with van der Waals surface area (Å²) in [5, 5.41) is 6.98. The van der Waals surface area contributed by atoms with E-state index in [1.165, 1.54) is 16.8 Å². The van der Waals surface area contributed by atoms with Crippen LogP contribution in [0.15, 0.2) is 47.3 Å². The Morgan fingerprint density at radius 3 is 2.59 bits per heavy atom. The fraction of sp³-hybridized carbons (Fsp3) is 0.353. The lowest BCUT2D eigenvalue weighted by atomic mass is 10.1. The number of carbonyl (C=O) groups excluding carboxylic acids is 1. The van der Waals surface area contributed by atoms with E-state index in [2.05, 4.69) is 24.3 Å². The Morgan fingerprint density at radius 2 is 1.91 bits per heavy atom. The van der Waals surface area contributed by atoms with Gasteiger partial charge < -0.3 is 5.32 Å². The lowest BCUT2D eigenvalue weighted by Gasteiger charge is -2.08. The molecule has 1 aromatic heterocycles. The van der Waals surface area contributed by atoms with E-state index >= 15 is 0 Å². The first-order valence-electron chi connectivity index (χ1n) is 7.52. The Balaban J connectivity index is 2.09. The molecule has 0 aliphatic rings. The monoisotopic (exact) mass is 299 g/mol. The molecule has 0 aliphatic carbocycles. The van der Waals surface area contributed by atoms with Crippen molar-refractivity contribution in [2.45, 2.75) is 26.7 Å². The van der Waals surface area contributed by atoms with E-state index in [1.54, 1.807) is 12.1 Å². The Labute approximate surface area is 130 Å². The molecule has 1 N–H and O–H groups in total. The molecule has 1 heterocycles. The highest BCUT2D eigenvalue weighted by Gasteiger charge is 2.10. The number of benzene rings is 1. The van der Waals surface area contributed by atoms with Crippen LogP contribution in [0.2, 0.25) is 0 Å². The molecule has 1 aromatic carbocycles. The molecule has 116 valence electrons. The predicted octanol–water partition coefficient (Wildman–Crippen LogP) is 2.40. The van der Waals surface area contributed by atoms with Crippen molar-refractivity contribution in [1.82, 2.24) is 15.1 Å². The van der Waals surface area contributed by atoms with Gasteiger partial charge in [0, 0.05) is 12.6 Å². The van der Waals surface area contributed by atoms with Crippen LogP contribution in [0.25, 0.3) is 5.69 Å². The third-order valence-electron chi connectivity index (χ3n) is 3.28. The van der Waals surface area contributed by atoms with Crippen LogP contribution in [0, 0.1) is 5.92 Å². The van der Waals surface area contributed by atoms with E-state index in [-0.39, 0.29) is 17.2 Å². The summed E-state index contributed by atoms with van der Waals surface area (Å²) in [6, 6.07) is 11.9. The van der Waals surface area contributed by atoms with Crippen molar-refractivity contribution in [2.75, 3.05) is 6.54 Å². The number of amides is 1. The largest absolute Gasteiger partial charge is 0.351 e. The van der Waals surface area contributed by atoms with Gasteiger partial charge in [-0.25, -0.2) is 0 Å². The maximum atomic E-state index is 12.1. The Bertz CT molecular complexity index is 678. The number of rotatable bonds is 6. The minimum Gasteiger partial charge on any atom is -0.351 e. The van der Waals surface area contributed by atoms with Gasteiger partial charge in [0.15, 0.2) is 0 Å². The molecule has 0 unspecified atom stereocenters. The van der Waals surface area contributed by atoms with Crippen molar-refractivity contribution < 1.29 is 4.79 Å². The molecule has 0 spiro atoms. The quantitative estimate of drug-likeness (QED) is 0.833. The SMILES string of the molecule is CC(C)CCCNC(=O)c1ccc(=O)n(-c2ccccc2)n1. The minimum atomic E-state index is -0.262. The number of para-hydroxylation sites is 1. The second-order valence-corrected chi connectivity index (χ2v) is 5.60. The smallest absolute Gasteiger partial charge is 0.271 e. The molecular weight excluding hydrogens is 278 g/mol. The highest BCUT2D eigenvalue weighted by Crippen LogP contribution is 2.04. The summed E-state index contributed by atoms with van der Waals surface area (Å²) >= 11 is 0. The molecule has 1 amide bonds. The molecule has 0 saturated carbocycles. The standard InChI is InChI=1S/C17H21N3O2/c1-13(2)7-6-12-18-17(22)15-10-11-16(21)20(19-15)14-8-4-3-5-9-14/h3-5,8-11,13H,6-7,12H2,1-2H3,(H,18,22). The van der Waals surface area contributed by atoms with Crippen molar-refractivity contribution in [3.8, 4) is 5.69 Å². The molecule has 5 nitrogen and oxygen atoms in total. The minimum absolute atomic E-state index is 0.244. The lowest BCUT2D eigenvalue weighted by molar-refractivity contribution is 0.0945. The average molecular weight is 299 g/mol. The van der Waals surface area contributed by atoms with Crippen LogP contribution in [-0.4, -0.2) is 22.2 Å². The van der Waals surface area contributed by atoms with Gasteiger partial charge >= 0.3 is 0 Å². The van der Waals surface area contributed by atoms with E-state index in [9.17, 15) is 9.59 Å². The molecule has 0 bridgehead atoms. The maximum absolute atomic E-state index is 12.1. The third-order valence-corrected chi connectivity index (χ3v) is 3.28. The van der Waals surface area contributed by atoms with Gasteiger partial charge in [-0.2, -0.15) is 9.78 Å².